The van der Waals surface area contributed by atoms with Gasteiger partial charge in [0.25, 0.3) is 0 Å². The van der Waals surface area contributed by atoms with Gasteiger partial charge in [0.15, 0.2) is 0 Å². The van der Waals surface area contributed by atoms with Gasteiger partial charge in [0, 0.05) is 40.7 Å². The van der Waals surface area contributed by atoms with Crippen LogP contribution >= 0.6 is 0 Å². The summed E-state index contributed by atoms with van der Waals surface area (Å²) in [5.74, 6) is 0.341. The summed E-state index contributed by atoms with van der Waals surface area (Å²) in [5.41, 5.74) is 6.15. The Hall–Kier alpha value is -3.91. The lowest BCUT2D eigenvalue weighted by molar-refractivity contribution is -0.113. The molecule has 5 heteroatoms. The number of carbonyl (C=O) groups excluding carboxylic acids is 1. The molecule has 0 atom stereocenters. The number of ketones is 1. The highest BCUT2D eigenvalue weighted by molar-refractivity contribution is 6.33. The molecule has 1 N–H and O–H groups in total. The quantitative estimate of drug-likeness (QED) is 0.568. The molecular weight excluding hydrogens is 422 g/mol. The first kappa shape index (κ1) is 21.9. The number of benzene rings is 2. The zero-order chi connectivity index (χ0) is 24.2. The van der Waals surface area contributed by atoms with Gasteiger partial charge in [-0.3, -0.25) is 9.79 Å². The minimum absolute atomic E-state index is 0.00951. The van der Waals surface area contributed by atoms with Crippen LogP contribution in [-0.2, 0) is 10.2 Å². The lowest BCUT2D eigenvalue weighted by Crippen LogP contribution is -2.30. The van der Waals surface area contributed by atoms with Crippen LogP contribution in [0.3, 0.4) is 0 Å². The Kier molecular flexibility index (Phi) is 5.06. The standard InChI is InChI=1S/C29H27N3O2/c1-17(2)11-12-32-24-8-6-5-7-22(24)29(3,4)25(32)14-20-27(33)26(28(20)34)21-16-31-23-10-9-18(15-30)13-19(21)23/h5-10,13-14,16-17,33H,11-12H2,1-4H3. The molecule has 0 saturated heterocycles. The zero-order valence-electron chi connectivity index (χ0n) is 19.9. The maximum atomic E-state index is 13.3. The van der Waals surface area contributed by atoms with Crippen LogP contribution in [0.4, 0.5) is 11.4 Å². The molecule has 2 aromatic carbocycles. The molecule has 0 amide bonds. The van der Waals surface area contributed by atoms with E-state index in [0.717, 1.165) is 24.4 Å². The van der Waals surface area contributed by atoms with Crippen molar-refractivity contribution in [2.45, 2.75) is 39.5 Å². The Morgan fingerprint density at radius 2 is 1.97 bits per heavy atom. The first-order valence-electron chi connectivity index (χ1n) is 11.6. The Balaban J connectivity index is 1.59. The second-order valence-electron chi connectivity index (χ2n) is 9.99. The second kappa shape index (κ2) is 7.85. The average Bonchev–Trinajstić information content (AvgIpc) is 3.32. The van der Waals surface area contributed by atoms with E-state index in [-0.39, 0.29) is 22.5 Å². The van der Waals surface area contributed by atoms with Gasteiger partial charge in [-0.15, -0.1) is 0 Å². The zero-order valence-corrected chi connectivity index (χ0v) is 19.9. The Morgan fingerprint density at radius 1 is 1.21 bits per heavy atom. The molecule has 0 spiro atoms. The number of fused-ring (bicyclic) bond motifs is 2. The minimum Gasteiger partial charge on any atom is -0.506 e. The summed E-state index contributed by atoms with van der Waals surface area (Å²) in [4.78, 5) is 20.0. The van der Waals surface area contributed by atoms with Crippen molar-refractivity contribution in [2.24, 2.45) is 10.9 Å². The summed E-state index contributed by atoms with van der Waals surface area (Å²) in [7, 11) is 0. The highest BCUT2D eigenvalue weighted by Crippen LogP contribution is 2.49. The number of nitriles is 1. The molecule has 5 rings (SSSR count). The number of aliphatic hydroxyl groups excluding tert-OH is 1. The van der Waals surface area contributed by atoms with Gasteiger partial charge in [0.05, 0.1) is 28.5 Å². The van der Waals surface area contributed by atoms with Crippen LogP contribution in [0.2, 0.25) is 0 Å². The molecule has 34 heavy (non-hydrogen) atoms. The number of nitrogens with zero attached hydrogens (tertiary/aromatic N) is 3. The molecule has 2 aliphatic heterocycles. The van der Waals surface area contributed by atoms with E-state index >= 15 is 0 Å². The van der Waals surface area contributed by atoms with Crippen LogP contribution in [0, 0.1) is 17.2 Å². The van der Waals surface area contributed by atoms with Crippen LogP contribution in [0.1, 0.15) is 50.8 Å². The van der Waals surface area contributed by atoms with E-state index in [1.807, 2.05) is 18.2 Å². The molecule has 170 valence electrons. The summed E-state index contributed by atoms with van der Waals surface area (Å²) in [5, 5.41) is 20.3. The van der Waals surface area contributed by atoms with Gasteiger partial charge < -0.3 is 10.0 Å². The normalized spacial score (nSPS) is 21.2. The Morgan fingerprint density at radius 3 is 2.68 bits per heavy atom. The van der Waals surface area contributed by atoms with Crippen molar-refractivity contribution in [3.8, 4) is 6.07 Å². The molecule has 0 bridgehead atoms. The van der Waals surface area contributed by atoms with Crippen molar-refractivity contribution in [3.63, 3.8) is 0 Å². The van der Waals surface area contributed by atoms with Crippen LogP contribution in [-0.4, -0.2) is 23.6 Å². The van der Waals surface area contributed by atoms with E-state index in [1.165, 1.54) is 5.56 Å². The van der Waals surface area contributed by atoms with E-state index in [9.17, 15) is 15.2 Å². The van der Waals surface area contributed by atoms with Crippen molar-refractivity contribution >= 4 is 28.9 Å². The number of para-hydroxylation sites is 1. The fourth-order valence-corrected chi connectivity index (χ4v) is 5.01. The maximum absolute atomic E-state index is 13.3. The van der Waals surface area contributed by atoms with E-state index in [4.69, 9.17) is 0 Å². The molecule has 3 aliphatic rings. The van der Waals surface area contributed by atoms with Crippen molar-refractivity contribution in [2.75, 3.05) is 11.4 Å². The van der Waals surface area contributed by atoms with Gasteiger partial charge in [0.1, 0.15) is 5.76 Å². The van der Waals surface area contributed by atoms with Gasteiger partial charge in [0.2, 0.25) is 5.78 Å². The highest BCUT2D eigenvalue weighted by atomic mass is 16.3. The number of hydrogen-bond acceptors (Lipinski definition) is 5. The fourth-order valence-electron chi connectivity index (χ4n) is 5.01. The third-order valence-corrected chi connectivity index (χ3v) is 6.99. The molecule has 5 nitrogen and oxygen atoms in total. The maximum Gasteiger partial charge on any atom is 0.201 e. The SMILES string of the molecule is CC(C)CCN1C(=CC2=C(O)C(=C3C=Nc4ccc(C#N)cc43)C2=O)C(C)(C)c2ccccc21. The fraction of sp³-hybridized carbons (Fsp3) is 0.276. The Labute approximate surface area is 200 Å². The summed E-state index contributed by atoms with van der Waals surface area (Å²) in [6, 6.07) is 15.6. The van der Waals surface area contributed by atoms with Crippen LogP contribution < -0.4 is 4.90 Å². The lowest BCUT2D eigenvalue weighted by Gasteiger charge is -2.30. The molecule has 0 radical (unpaired) electrons. The molecule has 0 fully saturated rings. The summed E-state index contributed by atoms with van der Waals surface area (Å²) < 4.78 is 0. The van der Waals surface area contributed by atoms with E-state index in [1.54, 1.807) is 24.4 Å². The number of hydrogen-bond donors (Lipinski definition) is 1. The predicted molar refractivity (Wildman–Crippen MR) is 135 cm³/mol. The molecule has 1 aliphatic carbocycles. The number of aliphatic imine (C=N–C) groups is 1. The number of Topliss-reactive ketones (excluding diaryl/α,β-unsaturated/α-hetero) is 1. The summed E-state index contributed by atoms with van der Waals surface area (Å²) >= 11 is 0. The van der Waals surface area contributed by atoms with Crippen LogP contribution in [0.25, 0.3) is 5.57 Å². The topological polar surface area (TPSA) is 76.7 Å². The average molecular weight is 450 g/mol. The number of carbonyl (C=O) groups is 1. The molecule has 0 aromatic heterocycles. The Bertz CT molecular complexity index is 1400. The van der Waals surface area contributed by atoms with Crippen molar-refractivity contribution < 1.29 is 9.90 Å². The van der Waals surface area contributed by atoms with E-state index in [2.05, 4.69) is 55.8 Å². The molecule has 0 saturated carbocycles. The van der Waals surface area contributed by atoms with Gasteiger partial charge in [-0.2, -0.15) is 5.26 Å². The largest absolute Gasteiger partial charge is 0.506 e. The first-order valence-corrected chi connectivity index (χ1v) is 11.6. The highest BCUT2D eigenvalue weighted by Gasteiger charge is 2.43. The van der Waals surface area contributed by atoms with Crippen molar-refractivity contribution in [1.82, 2.24) is 0 Å². The van der Waals surface area contributed by atoms with Crippen LogP contribution in [0.5, 0.6) is 0 Å². The van der Waals surface area contributed by atoms with Gasteiger partial charge in [-0.25, -0.2) is 0 Å². The molecule has 2 heterocycles. The second-order valence-corrected chi connectivity index (χ2v) is 9.99. The number of allylic oxidation sites excluding steroid dienone is 5. The number of anilines is 1. The molecular formula is C29H27N3O2. The number of rotatable bonds is 4. The van der Waals surface area contributed by atoms with E-state index in [0.29, 0.717) is 33.9 Å². The van der Waals surface area contributed by atoms with Crippen LogP contribution in [0.15, 0.2) is 76.1 Å². The predicted octanol–water partition coefficient (Wildman–Crippen LogP) is 6.15. The third kappa shape index (κ3) is 3.21. The van der Waals surface area contributed by atoms with Crippen molar-refractivity contribution in [1.29, 1.82) is 5.26 Å². The lowest BCUT2D eigenvalue weighted by atomic mass is 9.79. The molecule has 0 unspecified atom stereocenters. The van der Waals surface area contributed by atoms with Gasteiger partial charge in [-0.05, 0) is 48.2 Å². The summed E-state index contributed by atoms with van der Waals surface area (Å²) in [6.07, 6.45) is 4.48. The minimum atomic E-state index is -0.298. The summed E-state index contributed by atoms with van der Waals surface area (Å²) in [6.45, 7) is 9.58. The van der Waals surface area contributed by atoms with Gasteiger partial charge in [-0.1, -0.05) is 45.9 Å². The first-order chi connectivity index (χ1) is 16.2. The van der Waals surface area contributed by atoms with Gasteiger partial charge >= 0.3 is 0 Å². The monoisotopic (exact) mass is 449 g/mol. The number of aliphatic hydroxyl groups is 1. The third-order valence-electron chi connectivity index (χ3n) is 6.99. The van der Waals surface area contributed by atoms with Crippen molar-refractivity contribution in [3.05, 3.63) is 87.8 Å². The molecule has 2 aromatic rings. The van der Waals surface area contributed by atoms with E-state index < -0.39 is 0 Å². The smallest absolute Gasteiger partial charge is 0.201 e.